The average molecular weight is 229 g/mol. The summed E-state index contributed by atoms with van der Waals surface area (Å²) < 4.78 is 1.60. The third kappa shape index (κ3) is 1.58. The molecule has 0 unspecified atom stereocenters. The van der Waals surface area contributed by atoms with Gasteiger partial charge in [-0.15, -0.1) is 0 Å². The summed E-state index contributed by atoms with van der Waals surface area (Å²) in [5.41, 5.74) is 2.93. The molecule has 0 fully saturated rings. The summed E-state index contributed by atoms with van der Waals surface area (Å²) in [6.07, 6.45) is 2.77. The average Bonchev–Trinajstić information content (AvgIpc) is 2.91. The molecule has 1 aliphatic rings. The zero-order valence-corrected chi connectivity index (χ0v) is 9.56. The summed E-state index contributed by atoms with van der Waals surface area (Å²) in [4.78, 5) is 0. The first kappa shape index (κ1) is 10.3. The molecule has 88 valence electrons. The van der Waals surface area contributed by atoms with Crippen LogP contribution in [0.1, 0.15) is 23.1 Å². The highest BCUT2D eigenvalue weighted by atomic mass is 16.3. The minimum Gasteiger partial charge on any atom is -0.494 e. The Morgan fingerprint density at radius 2 is 1.53 bits per heavy atom. The number of fused-ring (bicyclic) bond motifs is 1. The number of aromatic hydroxyl groups is 2. The van der Waals surface area contributed by atoms with Gasteiger partial charge >= 0.3 is 0 Å². The number of benzene rings is 1. The highest BCUT2D eigenvalue weighted by Gasteiger charge is 2.25. The van der Waals surface area contributed by atoms with Gasteiger partial charge in [0.1, 0.15) is 0 Å². The van der Waals surface area contributed by atoms with Crippen molar-refractivity contribution in [1.29, 1.82) is 0 Å². The predicted octanol–water partition coefficient (Wildman–Crippen LogP) is 2.44. The van der Waals surface area contributed by atoms with Crippen molar-refractivity contribution in [3.05, 3.63) is 47.0 Å². The first-order chi connectivity index (χ1) is 8.27. The molecule has 0 amide bonds. The number of nitrogens with zero attached hydrogens (tertiary/aromatic N) is 1. The predicted molar refractivity (Wildman–Crippen MR) is 65.3 cm³/mol. The number of aromatic nitrogens is 1. The van der Waals surface area contributed by atoms with E-state index in [0.29, 0.717) is 6.54 Å². The topological polar surface area (TPSA) is 45.4 Å². The summed E-state index contributed by atoms with van der Waals surface area (Å²) in [6, 6.07) is 9.86. The number of hydrogen-bond donors (Lipinski definition) is 2. The van der Waals surface area contributed by atoms with Crippen molar-refractivity contribution in [2.24, 2.45) is 0 Å². The van der Waals surface area contributed by atoms with Crippen LogP contribution in [0.4, 0.5) is 0 Å². The van der Waals surface area contributed by atoms with E-state index < -0.39 is 0 Å². The van der Waals surface area contributed by atoms with Crippen molar-refractivity contribution >= 4 is 0 Å². The van der Waals surface area contributed by atoms with Crippen LogP contribution < -0.4 is 0 Å². The molecule has 1 heterocycles. The van der Waals surface area contributed by atoms with E-state index in [-0.39, 0.29) is 11.8 Å². The Balaban J connectivity index is 2.00. The smallest absolute Gasteiger partial charge is 0.197 e. The summed E-state index contributed by atoms with van der Waals surface area (Å²) in [5.74, 6) is 0.470. The monoisotopic (exact) mass is 229 g/mol. The van der Waals surface area contributed by atoms with Gasteiger partial charge in [-0.2, -0.15) is 0 Å². The van der Waals surface area contributed by atoms with Gasteiger partial charge in [0.05, 0.1) is 6.54 Å². The molecule has 2 aromatic rings. The lowest BCUT2D eigenvalue weighted by atomic mass is 10.2. The van der Waals surface area contributed by atoms with Gasteiger partial charge in [-0.05, 0) is 24.8 Å². The normalized spacial score (nSPS) is 13.9. The molecule has 0 saturated heterocycles. The molecule has 1 aliphatic carbocycles. The maximum absolute atomic E-state index is 10.1. The maximum atomic E-state index is 10.1. The molecule has 2 N–H and O–H groups in total. The minimum atomic E-state index is 0.235. The zero-order valence-electron chi connectivity index (χ0n) is 9.56. The molecule has 3 nitrogen and oxygen atoms in total. The van der Waals surface area contributed by atoms with Crippen LogP contribution >= 0.6 is 0 Å². The van der Waals surface area contributed by atoms with E-state index in [2.05, 4.69) is 0 Å². The van der Waals surface area contributed by atoms with E-state index in [9.17, 15) is 10.2 Å². The molecule has 0 atom stereocenters. The Kier molecular flexibility index (Phi) is 2.32. The van der Waals surface area contributed by atoms with Crippen molar-refractivity contribution in [1.82, 2.24) is 4.57 Å². The zero-order chi connectivity index (χ0) is 11.8. The molecular weight excluding hydrogens is 214 g/mol. The van der Waals surface area contributed by atoms with Crippen LogP contribution in [0.5, 0.6) is 11.8 Å². The van der Waals surface area contributed by atoms with Gasteiger partial charge in [0.25, 0.3) is 0 Å². The van der Waals surface area contributed by atoms with E-state index in [0.717, 1.165) is 36.0 Å². The van der Waals surface area contributed by atoms with Gasteiger partial charge in [0.2, 0.25) is 0 Å². The second-order valence-corrected chi connectivity index (χ2v) is 4.53. The maximum Gasteiger partial charge on any atom is 0.197 e. The molecule has 0 saturated carbocycles. The summed E-state index contributed by atoms with van der Waals surface area (Å²) in [5, 5.41) is 20.2. The van der Waals surface area contributed by atoms with Gasteiger partial charge in [-0.3, -0.25) is 4.57 Å². The summed E-state index contributed by atoms with van der Waals surface area (Å²) >= 11 is 0. The van der Waals surface area contributed by atoms with Crippen LogP contribution in [0, 0.1) is 0 Å². The fraction of sp³-hybridized carbons (Fsp3) is 0.286. The van der Waals surface area contributed by atoms with Gasteiger partial charge in [0, 0.05) is 11.1 Å². The highest BCUT2D eigenvalue weighted by Crippen LogP contribution is 2.39. The lowest BCUT2D eigenvalue weighted by Gasteiger charge is -2.08. The van der Waals surface area contributed by atoms with Gasteiger partial charge < -0.3 is 10.2 Å². The second-order valence-electron chi connectivity index (χ2n) is 4.53. The van der Waals surface area contributed by atoms with Gasteiger partial charge in [-0.1, -0.05) is 30.3 Å². The Morgan fingerprint density at radius 1 is 0.941 bits per heavy atom. The molecular formula is C14H15NO2. The first-order valence-electron chi connectivity index (χ1n) is 5.93. The first-order valence-corrected chi connectivity index (χ1v) is 5.93. The Labute approximate surface area is 100.0 Å². The van der Waals surface area contributed by atoms with Crippen LogP contribution in [0.2, 0.25) is 0 Å². The molecule has 1 aromatic heterocycles. The van der Waals surface area contributed by atoms with Gasteiger partial charge in [0.15, 0.2) is 11.8 Å². The molecule has 0 radical (unpaired) electrons. The quantitative estimate of drug-likeness (QED) is 0.830. The van der Waals surface area contributed by atoms with E-state index in [4.69, 9.17) is 0 Å². The minimum absolute atomic E-state index is 0.235. The summed E-state index contributed by atoms with van der Waals surface area (Å²) in [6.45, 7) is 0.519. The molecule has 3 rings (SSSR count). The molecule has 3 heteroatoms. The van der Waals surface area contributed by atoms with Crippen LogP contribution in [0.15, 0.2) is 30.3 Å². The van der Waals surface area contributed by atoms with Crippen LogP contribution in [-0.4, -0.2) is 14.8 Å². The van der Waals surface area contributed by atoms with Crippen molar-refractivity contribution < 1.29 is 10.2 Å². The van der Waals surface area contributed by atoms with E-state index >= 15 is 0 Å². The lowest BCUT2D eigenvalue weighted by molar-refractivity contribution is 0.372. The fourth-order valence-electron chi connectivity index (χ4n) is 2.58. The van der Waals surface area contributed by atoms with Crippen molar-refractivity contribution in [3.8, 4) is 11.8 Å². The standard InChI is InChI=1S/C14H15NO2/c16-13-11-7-4-8-12(11)14(17)15(13)9-10-5-2-1-3-6-10/h1-3,5-6,16-17H,4,7-9H2. The van der Waals surface area contributed by atoms with Crippen LogP contribution in [-0.2, 0) is 19.4 Å². The lowest BCUT2D eigenvalue weighted by Crippen LogP contribution is -1.99. The largest absolute Gasteiger partial charge is 0.494 e. The number of rotatable bonds is 2. The van der Waals surface area contributed by atoms with E-state index in [1.165, 1.54) is 0 Å². The van der Waals surface area contributed by atoms with E-state index in [1.807, 2.05) is 30.3 Å². The van der Waals surface area contributed by atoms with Crippen molar-refractivity contribution in [2.45, 2.75) is 25.8 Å². The third-order valence-corrected chi connectivity index (χ3v) is 3.45. The number of hydrogen-bond acceptors (Lipinski definition) is 2. The molecule has 0 bridgehead atoms. The Morgan fingerprint density at radius 3 is 2.12 bits per heavy atom. The fourth-order valence-corrected chi connectivity index (χ4v) is 2.58. The SMILES string of the molecule is Oc1c2c(c(O)n1Cc1ccccc1)CCC2. The van der Waals surface area contributed by atoms with Crippen molar-refractivity contribution in [2.75, 3.05) is 0 Å². The molecule has 0 spiro atoms. The van der Waals surface area contributed by atoms with Crippen LogP contribution in [0.3, 0.4) is 0 Å². The molecule has 1 aromatic carbocycles. The van der Waals surface area contributed by atoms with E-state index in [1.54, 1.807) is 4.57 Å². The second kappa shape index (κ2) is 3.84. The highest BCUT2D eigenvalue weighted by molar-refractivity contribution is 5.48. The van der Waals surface area contributed by atoms with Gasteiger partial charge in [-0.25, -0.2) is 0 Å². The summed E-state index contributed by atoms with van der Waals surface area (Å²) in [7, 11) is 0. The Bertz CT molecular complexity index is 516. The van der Waals surface area contributed by atoms with Crippen molar-refractivity contribution in [3.63, 3.8) is 0 Å². The third-order valence-electron chi connectivity index (χ3n) is 3.45. The van der Waals surface area contributed by atoms with Crippen LogP contribution in [0.25, 0.3) is 0 Å². The molecule has 17 heavy (non-hydrogen) atoms. The molecule has 0 aliphatic heterocycles. The Hall–Kier alpha value is -1.90.